The van der Waals surface area contributed by atoms with E-state index in [0.717, 1.165) is 12.4 Å². The van der Waals surface area contributed by atoms with E-state index in [0.29, 0.717) is 0 Å². The molecule has 0 saturated heterocycles. The zero-order valence-corrected chi connectivity index (χ0v) is 14.3. The van der Waals surface area contributed by atoms with E-state index in [2.05, 4.69) is 41.6 Å². The molecule has 0 N–H and O–H groups in total. The summed E-state index contributed by atoms with van der Waals surface area (Å²) >= 11 is 2.32. The summed E-state index contributed by atoms with van der Waals surface area (Å²) in [5.74, 6) is 1.01. The Morgan fingerprint density at radius 1 is 0.895 bits per heavy atom. The SMILES string of the molecule is CCCCCCCCCCCOc1cccc(I)c1. The molecule has 1 rings (SSSR count). The maximum Gasteiger partial charge on any atom is 0.120 e. The number of halogens is 1. The van der Waals surface area contributed by atoms with Crippen LogP contribution in [0.3, 0.4) is 0 Å². The highest BCUT2D eigenvalue weighted by molar-refractivity contribution is 14.1. The zero-order chi connectivity index (χ0) is 13.8. The monoisotopic (exact) mass is 374 g/mol. The van der Waals surface area contributed by atoms with E-state index in [1.807, 2.05) is 12.1 Å². The molecule has 1 aromatic carbocycles. The van der Waals surface area contributed by atoms with Crippen LogP contribution in [0, 0.1) is 3.57 Å². The van der Waals surface area contributed by atoms with Crippen LogP contribution in [-0.4, -0.2) is 6.61 Å². The van der Waals surface area contributed by atoms with Crippen LogP contribution in [0.15, 0.2) is 24.3 Å². The molecule has 0 unspecified atom stereocenters. The summed E-state index contributed by atoms with van der Waals surface area (Å²) in [7, 11) is 0. The van der Waals surface area contributed by atoms with Crippen LogP contribution in [0.1, 0.15) is 64.7 Å². The molecule has 0 amide bonds. The van der Waals surface area contributed by atoms with Crippen molar-refractivity contribution in [1.82, 2.24) is 0 Å². The molecule has 0 atom stereocenters. The molecule has 19 heavy (non-hydrogen) atoms. The molecule has 0 heterocycles. The van der Waals surface area contributed by atoms with Crippen molar-refractivity contribution in [3.63, 3.8) is 0 Å². The average Bonchev–Trinajstić information content (AvgIpc) is 2.41. The molecular formula is C17H27IO. The smallest absolute Gasteiger partial charge is 0.120 e. The Hall–Kier alpha value is -0.250. The quantitative estimate of drug-likeness (QED) is 0.331. The van der Waals surface area contributed by atoms with Crippen LogP contribution in [0.4, 0.5) is 0 Å². The summed E-state index contributed by atoms with van der Waals surface area (Å²) in [5, 5.41) is 0. The number of hydrogen-bond acceptors (Lipinski definition) is 1. The highest BCUT2D eigenvalue weighted by atomic mass is 127. The summed E-state index contributed by atoms with van der Waals surface area (Å²) < 4.78 is 6.98. The Labute approximate surface area is 132 Å². The predicted molar refractivity (Wildman–Crippen MR) is 91.9 cm³/mol. The Kier molecular flexibility index (Phi) is 10.2. The lowest BCUT2D eigenvalue weighted by atomic mass is 10.1. The second-order valence-electron chi connectivity index (χ2n) is 5.13. The van der Waals surface area contributed by atoms with E-state index in [9.17, 15) is 0 Å². The van der Waals surface area contributed by atoms with Gasteiger partial charge in [0, 0.05) is 3.57 Å². The van der Waals surface area contributed by atoms with Gasteiger partial charge in [-0.1, -0.05) is 64.4 Å². The van der Waals surface area contributed by atoms with Crippen molar-refractivity contribution >= 4 is 22.6 Å². The first-order valence-electron chi connectivity index (χ1n) is 7.71. The minimum absolute atomic E-state index is 0.857. The number of unbranched alkanes of at least 4 members (excludes halogenated alkanes) is 8. The van der Waals surface area contributed by atoms with Crippen molar-refractivity contribution < 1.29 is 4.74 Å². The number of hydrogen-bond donors (Lipinski definition) is 0. The van der Waals surface area contributed by atoms with E-state index in [4.69, 9.17) is 4.74 Å². The van der Waals surface area contributed by atoms with Crippen molar-refractivity contribution in [2.75, 3.05) is 6.61 Å². The van der Waals surface area contributed by atoms with Crippen LogP contribution < -0.4 is 4.74 Å². The van der Waals surface area contributed by atoms with E-state index in [1.54, 1.807) is 0 Å². The molecule has 1 nitrogen and oxygen atoms in total. The van der Waals surface area contributed by atoms with E-state index in [-0.39, 0.29) is 0 Å². The summed E-state index contributed by atoms with van der Waals surface area (Å²) in [6.07, 6.45) is 12.3. The highest BCUT2D eigenvalue weighted by Gasteiger charge is 1.95. The van der Waals surface area contributed by atoms with Gasteiger partial charge in [0.05, 0.1) is 6.61 Å². The Bertz CT molecular complexity index is 325. The van der Waals surface area contributed by atoms with Gasteiger partial charge in [-0.05, 0) is 47.2 Å². The molecule has 0 fully saturated rings. The van der Waals surface area contributed by atoms with Crippen LogP contribution in [0.2, 0.25) is 0 Å². The normalized spacial score (nSPS) is 10.6. The Morgan fingerprint density at radius 2 is 1.53 bits per heavy atom. The van der Waals surface area contributed by atoms with Crippen molar-refractivity contribution in [2.24, 2.45) is 0 Å². The van der Waals surface area contributed by atoms with Gasteiger partial charge >= 0.3 is 0 Å². The second kappa shape index (κ2) is 11.6. The third-order valence-electron chi connectivity index (χ3n) is 3.31. The Balaban J connectivity index is 1.89. The maximum atomic E-state index is 5.74. The fraction of sp³-hybridized carbons (Fsp3) is 0.647. The summed E-state index contributed by atoms with van der Waals surface area (Å²) in [4.78, 5) is 0. The van der Waals surface area contributed by atoms with Gasteiger partial charge in [0.1, 0.15) is 5.75 Å². The lowest BCUT2D eigenvalue weighted by molar-refractivity contribution is 0.304. The molecule has 0 saturated carbocycles. The molecule has 0 aliphatic carbocycles. The fourth-order valence-corrected chi connectivity index (χ4v) is 2.67. The summed E-state index contributed by atoms with van der Waals surface area (Å²) in [5.41, 5.74) is 0. The molecule has 0 aliphatic rings. The largest absolute Gasteiger partial charge is 0.494 e. The maximum absolute atomic E-state index is 5.74. The summed E-state index contributed by atoms with van der Waals surface area (Å²) in [6.45, 7) is 3.13. The molecule has 0 aromatic heterocycles. The Morgan fingerprint density at radius 3 is 2.16 bits per heavy atom. The van der Waals surface area contributed by atoms with Crippen molar-refractivity contribution in [2.45, 2.75) is 64.7 Å². The lowest BCUT2D eigenvalue weighted by Gasteiger charge is -2.06. The van der Waals surface area contributed by atoms with E-state index >= 15 is 0 Å². The van der Waals surface area contributed by atoms with Crippen molar-refractivity contribution in [1.29, 1.82) is 0 Å². The van der Waals surface area contributed by atoms with Gasteiger partial charge in [-0.3, -0.25) is 0 Å². The van der Waals surface area contributed by atoms with Gasteiger partial charge in [-0.25, -0.2) is 0 Å². The van der Waals surface area contributed by atoms with Crippen LogP contribution in [0.5, 0.6) is 5.75 Å². The fourth-order valence-electron chi connectivity index (χ4n) is 2.16. The summed E-state index contributed by atoms with van der Waals surface area (Å²) in [6, 6.07) is 8.27. The van der Waals surface area contributed by atoms with Gasteiger partial charge in [-0.15, -0.1) is 0 Å². The molecular weight excluding hydrogens is 347 g/mol. The van der Waals surface area contributed by atoms with Gasteiger partial charge in [0.2, 0.25) is 0 Å². The first kappa shape index (κ1) is 16.8. The van der Waals surface area contributed by atoms with Gasteiger partial charge in [0.25, 0.3) is 0 Å². The van der Waals surface area contributed by atoms with E-state index in [1.165, 1.54) is 61.4 Å². The predicted octanol–water partition coefficient (Wildman–Crippen LogP) is 6.20. The average molecular weight is 374 g/mol. The highest BCUT2D eigenvalue weighted by Crippen LogP contribution is 2.15. The number of ether oxygens (including phenoxy) is 1. The molecule has 1 aromatic rings. The van der Waals surface area contributed by atoms with Crippen LogP contribution in [-0.2, 0) is 0 Å². The molecule has 0 radical (unpaired) electrons. The first-order chi connectivity index (χ1) is 9.33. The van der Waals surface area contributed by atoms with Crippen molar-refractivity contribution in [3.8, 4) is 5.75 Å². The first-order valence-corrected chi connectivity index (χ1v) is 8.79. The minimum Gasteiger partial charge on any atom is -0.494 e. The molecule has 2 heteroatoms. The minimum atomic E-state index is 0.857. The zero-order valence-electron chi connectivity index (χ0n) is 12.2. The number of rotatable bonds is 11. The molecule has 0 aliphatic heterocycles. The molecule has 0 spiro atoms. The van der Waals surface area contributed by atoms with Gasteiger partial charge < -0.3 is 4.74 Å². The second-order valence-corrected chi connectivity index (χ2v) is 6.38. The van der Waals surface area contributed by atoms with Gasteiger partial charge in [0.15, 0.2) is 0 Å². The number of benzene rings is 1. The molecule has 0 bridgehead atoms. The van der Waals surface area contributed by atoms with Crippen molar-refractivity contribution in [3.05, 3.63) is 27.8 Å². The third kappa shape index (κ3) is 9.31. The molecule has 108 valence electrons. The van der Waals surface area contributed by atoms with Gasteiger partial charge in [-0.2, -0.15) is 0 Å². The topological polar surface area (TPSA) is 9.23 Å². The lowest BCUT2D eigenvalue weighted by Crippen LogP contribution is -1.97. The van der Waals surface area contributed by atoms with Crippen LogP contribution >= 0.6 is 22.6 Å². The standard InChI is InChI=1S/C17H27IO/c1-2-3-4-5-6-7-8-9-10-14-19-17-13-11-12-16(18)15-17/h11-13,15H,2-10,14H2,1H3. The third-order valence-corrected chi connectivity index (χ3v) is 3.98. The van der Waals surface area contributed by atoms with E-state index < -0.39 is 0 Å². The van der Waals surface area contributed by atoms with Crippen LogP contribution in [0.25, 0.3) is 0 Å².